The number of allylic oxidation sites excluding steroid dienone is 4. The van der Waals surface area contributed by atoms with Gasteiger partial charge in [-0.1, -0.05) is 28.9 Å². The van der Waals surface area contributed by atoms with Crippen LogP contribution in [0.3, 0.4) is 0 Å². The number of ether oxygens (including phenoxy) is 1. The van der Waals surface area contributed by atoms with E-state index in [9.17, 15) is 9.50 Å². The van der Waals surface area contributed by atoms with E-state index in [1.54, 1.807) is 0 Å². The van der Waals surface area contributed by atoms with Crippen LogP contribution in [0.5, 0.6) is 5.75 Å². The Morgan fingerprint density at radius 2 is 2.03 bits per heavy atom. The lowest BCUT2D eigenvalue weighted by Crippen LogP contribution is -1.98. The van der Waals surface area contributed by atoms with Gasteiger partial charge in [0.2, 0.25) is 5.82 Å². The predicted octanol–water partition coefficient (Wildman–Crippen LogP) is 5.17. The maximum atomic E-state index is 13.7. The molecule has 0 spiro atoms. The Kier molecular flexibility index (Phi) is 5.27. The number of hydrogen-bond donors (Lipinski definition) is 1. The van der Waals surface area contributed by atoms with Gasteiger partial charge in [-0.3, -0.25) is 0 Å². The summed E-state index contributed by atoms with van der Waals surface area (Å²) in [5.41, 5.74) is 5.32. The summed E-state index contributed by atoms with van der Waals surface area (Å²) < 4.78 is 24.3. The first-order chi connectivity index (χ1) is 14.1. The fraction of sp³-hybridized carbons (Fsp3) is 0.217. The summed E-state index contributed by atoms with van der Waals surface area (Å²) in [5.74, 6) is 0.567. The van der Waals surface area contributed by atoms with Crippen LogP contribution in [0.25, 0.3) is 28.4 Å². The van der Waals surface area contributed by atoms with E-state index in [0.717, 1.165) is 29.5 Å². The molecule has 5 nitrogen and oxygen atoms in total. The Labute approximate surface area is 168 Å². The number of aliphatic hydroxyl groups is 1. The monoisotopic (exact) mass is 392 g/mol. The number of benzene rings is 2. The van der Waals surface area contributed by atoms with E-state index in [1.165, 1.54) is 30.9 Å². The van der Waals surface area contributed by atoms with Gasteiger partial charge in [0.25, 0.3) is 5.89 Å². The zero-order valence-electron chi connectivity index (χ0n) is 16.3. The molecular weight excluding hydrogens is 371 g/mol. The van der Waals surface area contributed by atoms with E-state index in [-0.39, 0.29) is 18.3 Å². The zero-order valence-corrected chi connectivity index (χ0v) is 16.3. The maximum Gasteiger partial charge on any atom is 0.258 e. The topological polar surface area (TPSA) is 68.4 Å². The highest BCUT2D eigenvalue weighted by Crippen LogP contribution is 2.33. The molecule has 0 atom stereocenters. The van der Waals surface area contributed by atoms with Gasteiger partial charge in [-0.15, -0.1) is 0 Å². The molecule has 148 valence electrons. The molecule has 1 aromatic heterocycles. The smallest absolute Gasteiger partial charge is 0.258 e. The summed E-state index contributed by atoms with van der Waals surface area (Å²) in [6, 6.07) is 9.83. The van der Waals surface area contributed by atoms with Crippen LogP contribution in [0.4, 0.5) is 4.39 Å². The lowest BCUT2D eigenvalue weighted by atomic mass is 9.90. The second-order valence-corrected chi connectivity index (χ2v) is 6.93. The molecule has 0 unspecified atom stereocenters. The van der Waals surface area contributed by atoms with Gasteiger partial charge in [0.1, 0.15) is 11.6 Å². The third-order valence-corrected chi connectivity index (χ3v) is 5.07. The van der Waals surface area contributed by atoms with E-state index in [2.05, 4.69) is 29.2 Å². The second kappa shape index (κ2) is 8.01. The minimum Gasteiger partial charge on any atom is -0.496 e. The molecule has 29 heavy (non-hydrogen) atoms. The lowest BCUT2D eigenvalue weighted by Gasteiger charge is -2.16. The third-order valence-electron chi connectivity index (χ3n) is 5.07. The van der Waals surface area contributed by atoms with Crippen molar-refractivity contribution in [3.8, 4) is 28.6 Å². The van der Waals surface area contributed by atoms with Gasteiger partial charge in [0.15, 0.2) is 0 Å². The highest BCUT2D eigenvalue weighted by Gasteiger charge is 2.17. The summed E-state index contributed by atoms with van der Waals surface area (Å²) in [5, 5.41) is 13.9. The summed E-state index contributed by atoms with van der Waals surface area (Å²) in [6.07, 6.45) is 6.30. The van der Waals surface area contributed by atoms with Gasteiger partial charge < -0.3 is 14.4 Å². The van der Waals surface area contributed by atoms with Gasteiger partial charge in [-0.2, -0.15) is 4.98 Å². The van der Waals surface area contributed by atoms with Gasteiger partial charge in [-0.05, 0) is 66.8 Å². The van der Waals surface area contributed by atoms with Crippen LogP contribution in [0.15, 0.2) is 58.6 Å². The Morgan fingerprint density at radius 3 is 2.79 bits per heavy atom. The van der Waals surface area contributed by atoms with Gasteiger partial charge >= 0.3 is 0 Å². The molecule has 3 aromatic rings. The minimum absolute atomic E-state index is 0.105. The SMILES string of the molecule is COc1ccc(F)cc1-c1noc(-c2ccc(C3=C(C)CCC=C3)c(CO)c2)n1. The fourth-order valence-electron chi connectivity index (χ4n) is 3.52. The molecule has 0 radical (unpaired) electrons. The Hall–Kier alpha value is -3.25. The first-order valence-corrected chi connectivity index (χ1v) is 9.39. The number of methoxy groups -OCH3 is 1. The van der Waals surface area contributed by atoms with E-state index < -0.39 is 5.82 Å². The standard InChI is InChI=1S/C23H21FN2O3/c1-14-5-3-4-6-18(14)19-9-7-15(11-16(19)13-27)23-25-22(26-29-23)20-12-17(24)8-10-21(20)28-2/h4,6-12,27H,3,5,13H2,1-2H3. The Bertz CT molecular complexity index is 1120. The van der Waals surface area contributed by atoms with E-state index in [0.29, 0.717) is 16.9 Å². The van der Waals surface area contributed by atoms with Crippen LogP contribution in [0, 0.1) is 5.82 Å². The van der Waals surface area contributed by atoms with Crippen LogP contribution in [0.2, 0.25) is 0 Å². The van der Waals surface area contributed by atoms with Crippen LogP contribution < -0.4 is 4.74 Å². The average Bonchev–Trinajstić information content (AvgIpc) is 3.24. The van der Waals surface area contributed by atoms with Crippen molar-refractivity contribution < 1.29 is 18.8 Å². The first-order valence-electron chi connectivity index (χ1n) is 9.39. The van der Waals surface area contributed by atoms with E-state index >= 15 is 0 Å². The number of nitrogens with zero attached hydrogens (tertiary/aromatic N) is 2. The Morgan fingerprint density at radius 1 is 1.17 bits per heavy atom. The molecule has 0 bridgehead atoms. The van der Waals surface area contributed by atoms with Crippen molar-refractivity contribution in [1.82, 2.24) is 10.1 Å². The molecule has 1 aliphatic rings. The van der Waals surface area contributed by atoms with E-state index in [1.807, 2.05) is 18.2 Å². The number of rotatable bonds is 5. The molecule has 0 amide bonds. The molecular formula is C23H21FN2O3. The quantitative estimate of drug-likeness (QED) is 0.649. The van der Waals surface area contributed by atoms with Crippen molar-refractivity contribution in [3.63, 3.8) is 0 Å². The van der Waals surface area contributed by atoms with Crippen molar-refractivity contribution in [2.24, 2.45) is 0 Å². The van der Waals surface area contributed by atoms with Crippen molar-refractivity contribution in [2.75, 3.05) is 7.11 Å². The average molecular weight is 392 g/mol. The number of halogens is 1. The molecule has 1 heterocycles. The molecule has 1 aliphatic carbocycles. The van der Waals surface area contributed by atoms with Crippen LogP contribution in [-0.2, 0) is 6.61 Å². The van der Waals surface area contributed by atoms with Gasteiger partial charge in [0, 0.05) is 5.56 Å². The molecule has 0 aliphatic heterocycles. The van der Waals surface area contributed by atoms with Crippen molar-refractivity contribution in [3.05, 3.63) is 71.1 Å². The highest BCUT2D eigenvalue weighted by atomic mass is 19.1. The van der Waals surface area contributed by atoms with Crippen molar-refractivity contribution in [1.29, 1.82) is 0 Å². The number of hydrogen-bond acceptors (Lipinski definition) is 5. The fourth-order valence-corrected chi connectivity index (χ4v) is 3.52. The number of aliphatic hydroxyl groups excluding tert-OH is 1. The molecule has 4 rings (SSSR count). The first kappa shape index (κ1) is 19.1. The maximum absolute atomic E-state index is 13.7. The number of aromatic nitrogens is 2. The van der Waals surface area contributed by atoms with Crippen LogP contribution in [0.1, 0.15) is 30.9 Å². The molecule has 0 saturated heterocycles. The van der Waals surface area contributed by atoms with E-state index in [4.69, 9.17) is 9.26 Å². The second-order valence-electron chi connectivity index (χ2n) is 6.93. The molecule has 1 N–H and O–H groups in total. The Balaban J connectivity index is 1.72. The summed E-state index contributed by atoms with van der Waals surface area (Å²) in [6.45, 7) is 2.01. The minimum atomic E-state index is -0.414. The summed E-state index contributed by atoms with van der Waals surface area (Å²) in [7, 11) is 1.50. The van der Waals surface area contributed by atoms with Crippen LogP contribution >= 0.6 is 0 Å². The zero-order chi connectivity index (χ0) is 20.4. The normalized spacial score (nSPS) is 13.8. The largest absolute Gasteiger partial charge is 0.496 e. The molecule has 0 saturated carbocycles. The molecule has 2 aromatic carbocycles. The summed E-state index contributed by atoms with van der Waals surface area (Å²) >= 11 is 0. The predicted molar refractivity (Wildman–Crippen MR) is 109 cm³/mol. The molecule has 6 heteroatoms. The molecule has 0 fully saturated rings. The van der Waals surface area contributed by atoms with Crippen LogP contribution in [-0.4, -0.2) is 22.4 Å². The highest BCUT2D eigenvalue weighted by molar-refractivity contribution is 5.80. The van der Waals surface area contributed by atoms with Gasteiger partial charge in [-0.25, -0.2) is 4.39 Å². The summed E-state index contributed by atoms with van der Waals surface area (Å²) in [4.78, 5) is 4.40. The van der Waals surface area contributed by atoms with Crippen molar-refractivity contribution >= 4 is 5.57 Å². The third kappa shape index (κ3) is 3.71. The lowest BCUT2D eigenvalue weighted by molar-refractivity contribution is 0.281. The van der Waals surface area contributed by atoms with Gasteiger partial charge in [0.05, 0.1) is 19.3 Å². The van der Waals surface area contributed by atoms with Crippen molar-refractivity contribution in [2.45, 2.75) is 26.4 Å².